The Balaban J connectivity index is 2.12. The van der Waals surface area contributed by atoms with Crippen LogP contribution in [0, 0.1) is 0 Å². The summed E-state index contributed by atoms with van der Waals surface area (Å²) in [5.41, 5.74) is 9.55. The summed E-state index contributed by atoms with van der Waals surface area (Å²) in [7, 11) is 1.89. The second-order valence-electron chi connectivity index (χ2n) is 5.45. The highest BCUT2D eigenvalue weighted by molar-refractivity contribution is 7.98. The van der Waals surface area contributed by atoms with E-state index in [0.717, 1.165) is 32.6 Å². The number of carbonyl (C=O) groups excluding carboxylic acids is 1. The Morgan fingerprint density at radius 2 is 2.04 bits per heavy atom. The minimum Gasteiger partial charge on any atom is -0.366 e. The van der Waals surface area contributed by atoms with Crippen molar-refractivity contribution in [3.05, 3.63) is 65.0 Å². The lowest BCUT2D eigenvalue weighted by Gasteiger charge is -2.09. The molecule has 6 heteroatoms. The number of hydrogen-bond donors (Lipinski definition) is 1. The number of nitrogens with two attached hydrogens (primary N) is 1. The molecule has 2 heterocycles. The fourth-order valence-electron chi connectivity index (χ4n) is 2.69. The van der Waals surface area contributed by atoms with E-state index in [2.05, 4.69) is 11.6 Å². The van der Waals surface area contributed by atoms with Crippen molar-refractivity contribution in [3.63, 3.8) is 0 Å². The van der Waals surface area contributed by atoms with Gasteiger partial charge in [-0.15, -0.1) is 11.8 Å². The van der Waals surface area contributed by atoms with Gasteiger partial charge >= 0.3 is 0 Å². The molecule has 1 amide bonds. The first kappa shape index (κ1) is 16.6. The van der Waals surface area contributed by atoms with Gasteiger partial charge < -0.3 is 10.3 Å². The number of rotatable bonds is 4. The molecule has 0 atom stereocenters. The molecule has 24 heavy (non-hydrogen) atoms. The van der Waals surface area contributed by atoms with Crippen LogP contribution in [-0.2, 0) is 7.05 Å². The highest BCUT2D eigenvalue weighted by Gasteiger charge is 2.13. The van der Waals surface area contributed by atoms with Gasteiger partial charge in [-0.1, -0.05) is 24.2 Å². The Morgan fingerprint density at radius 1 is 1.29 bits per heavy atom. The summed E-state index contributed by atoms with van der Waals surface area (Å²) in [5.74, 6) is -0.444. The maximum absolute atomic E-state index is 11.7. The fraction of sp³-hybridized carbons (Fsp3) is 0.111. The molecule has 0 saturated heterocycles. The maximum atomic E-state index is 11.7. The van der Waals surface area contributed by atoms with Gasteiger partial charge in [0.05, 0.1) is 10.6 Å². The van der Waals surface area contributed by atoms with E-state index < -0.39 is 5.91 Å². The van der Waals surface area contributed by atoms with Gasteiger partial charge in [-0.25, -0.2) is 4.98 Å². The molecule has 3 rings (SSSR count). The maximum Gasteiger partial charge on any atom is 0.250 e. The third-order valence-electron chi connectivity index (χ3n) is 3.93. The van der Waals surface area contributed by atoms with Crippen LogP contribution in [0.2, 0.25) is 5.15 Å². The Labute approximate surface area is 149 Å². The molecule has 4 nitrogen and oxygen atoms in total. The van der Waals surface area contributed by atoms with Gasteiger partial charge in [-0.3, -0.25) is 4.79 Å². The summed E-state index contributed by atoms with van der Waals surface area (Å²) in [5, 5.41) is 2.07. The molecule has 122 valence electrons. The lowest BCUT2D eigenvalue weighted by molar-refractivity contribution is 0.100. The predicted octanol–water partition coefficient (Wildman–Crippen LogP) is 4.11. The normalized spacial score (nSPS) is 11.0. The lowest BCUT2D eigenvalue weighted by atomic mass is 9.98. The van der Waals surface area contributed by atoms with Gasteiger partial charge in [-0.2, -0.15) is 0 Å². The molecule has 0 spiro atoms. The minimum absolute atomic E-state index is 0.427. The van der Waals surface area contributed by atoms with Crippen LogP contribution in [0.4, 0.5) is 0 Å². The first-order valence-electron chi connectivity index (χ1n) is 7.21. The number of carbonyl (C=O) groups is 1. The number of amides is 1. The number of thioether (sulfide) groups is 1. The van der Waals surface area contributed by atoms with E-state index in [1.807, 2.05) is 42.1 Å². The molecule has 0 fully saturated rings. The van der Waals surface area contributed by atoms with E-state index in [-0.39, 0.29) is 0 Å². The number of aromatic nitrogens is 2. The van der Waals surface area contributed by atoms with E-state index >= 15 is 0 Å². The van der Waals surface area contributed by atoms with E-state index in [4.69, 9.17) is 17.3 Å². The molecule has 2 aromatic heterocycles. The number of nitrogens with zero attached hydrogens (tertiary/aromatic N) is 2. The molecule has 0 aliphatic heterocycles. The van der Waals surface area contributed by atoms with Crippen molar-refractivity contribution in [2.75, 3.05) is 6.26 Å². The molecule has 0 saturated carbocycles. The number of benzene rings is 1. The Hall–Kier alpha value is -2.24. The number of primary amides is 1. The Kier molecular flexibility index (Phi) is 4.39. The zero-order valence-corrected chi connectivity index (χ0v) is 14.9. The van der Waals surface area contributed by atoms with Gasteiger partial charge in [0.1, 0.15) is 5.15 Å². The van der Waals surface area contributed by atoms with Crippen molar-refractivity contribution < 1.29 is 4.79 Å². The molecular formula is C18H16ClN3OS. The van der Waals surface area contributed by atoms with Crippen LogP contribution in [0.1, 0.15) is 21.5 Å². The number of aryl methyl sites for hydroxylation is 1. The third kappa shape index (κ3) is 2.92. The average molecular weight is 358 g/mol. The molecule has 3 aromatic rings. The highest BCUT2D eigenvalue weighted by Crippen LogP contribution is 2.30. The van der Waals surface area contributed by atoms with E-state index in [1.165, 1.54) is 11.8 Å². The number of fused-ring (bicyclic) bond motifs is 1. The lowest BCUT2D eigenvalue weighted by Crippen LogP contribution is -2.10. The molecule has 0 bridgehead atoms. The molecule has 0 radical (unpaired) electrons. The van der Waals surface area contributed by atoms with Crippen LogP contribution in [-0.4, -0.2) is 21.7 Å². The zero-order chi connectivity index (χ0) is 17.4. The fourth-order valence-corrected chi connectivity index (χ4v) is 3.39. The first-order chi connectivity index (χ1) is 11.4. The van der Waals surface area contributed by atoms with Gasteiger partial charge in [0.15, 0.2) is 0 Å². The van der Waals surface area contributed by atoms with Gasteiger partial charge in [0.2, 0.25) is 0 Å². The number of pyridine rings is 1. The smallest absolute Gasteiger partial charge is 0.250 e. The molecule has 2 N–H and O–H groups in total. The topological polar surface area (TPSA) is 60.9 Å². The largest absolute Gasteiger partial charge is 0.366 e. The van der Waals surface area contributed by atoms with Crippen LogP contribution >= 0.6 is 23.4 Å². The van der Waals surface area contributed by atoms with E-state index in [0.29, 0.717) is 10.7 Å². The van der Waals surface area contributed by atoms with Crippen LogP contribution < -0.4 is 5.73 Å². The van der Waals surface area contributed by atoms with Crippen LogP contribution in [0.5, 0.6) is 0 Å². The monoisotopic (exact) mass is 357 g/mol. The summed E-state index contributed by atoms with van der Waals surface area (Å²) in [6.45, 7) is 4.18. The van der Waals surface area contributed by atoms with Crippen molar-refractivity contribution in [1.29, 1.82) is 0 Å². The van der Waals surface area contributed by atoms with E-state index in [1.54, 1.807) is 12.3 Å². The van der Waals surface area contributed by atoms with Crippen LogP contribution in [0.3, 0.4) is 0 Å². The molecule has 0 unspecified atom stereocenters. The molecule has 0 aliphatic carbocycles. The Morgan fingerprint density at radius 3 is 2.71 bits per heavy atom. The first-order valence-corrected chi connectivity index (χ1v) is 8.81. The summed E-state index contributed by atoms with van der Waals surface area (Å²) >= 11 is 7.62. The van der Waals surface area contributed by atoms with Gasteiger partial charge in [0, 0.05) is 24.1 Å². The van der Waals surface area contributed by atoms with Crippen molar-refractivity contribution in [2.24, 2.45) is 12.8 Å². The third-order valence-corrected chi connectivity index (χ3v) is 4.75. The second kappa shape index (κ2) is 6.34. The predicted molar refractivity (Wildman–Crippen MR) is 101 cm³/mol. The minimum atomic E-state index is -0.444. The summed E-state index contributed by atoms with van der Waals surface area (Å²) in [6, 6.07) is 9.60. The number of halogens is 1. The van der Waals surface area contributed by atoms with Crippen LogP contribution in [0.15, 0.2) is 48.1 Å². The summed E-state index contributed by atoms with van der Waals surface area (Å²) in [6.07, 6.45) is 3.69. The standard InChI is InChI=1S/C18H16ClN3OS/c1-10(12-7-16(19)21-17(8-12)24-3)11-4-5-15-13(6-11)14(18(20)23)9-22(15)2/h4-9H,1H2,2-3H3,(H2,20,23). The van der Waals surface area contributed by atoms with Crippen molar-refractivity contribution in [3.8, 4) is 0 Å². The SMILES string of the molecule is C=C(c1cc(Cl)nc(SC)c1)c1ccc2c(c1)c(C(N)=O)cn2C. The van der Waals surface area contributed by atoms with Crippen molar-refractivity contribution >= 4 is 45.7 Å². The average Bonchev–Trinajstić information content (AvgIpc) is 2.90. The van der Waals surface area contributed by atoms with E-state index in [9.17, 15) is 4.79 Å². The highest BCUT2D eigenvalue weighted by atomic mass is 35.5. The van der Waals surface area contributed by atoms with Crippen LogP contribution in [0.25, 0.3) is 16.5 Å². The molecule has 0 aliphatic rings. The molecule has 1 aromatic carbocycles. The summed E-state index contributed by atoms with van der Waals surface area (Å²) in [4.78, 5) is 15.9. The van der Waals surface area contributed by atoms with Gasteiger partial charge in [0.25, 0.3) is 5.91 Å². The second-order valence-corrected chi connectivity index (χ2v) is 6.66. The Bertz CT molecular complexity index is 978. The number of hydrogen-bond acceptors (Lipinski definition) is 3. The summed E-state index contributed by atoms with van der Waals surface area (Å²) < 4.78 is 1.89. The zero-order valence-electron chi connectivity index (χ0n) is 13.3. The van der Waals surface area contributed by atoms with Gasteiger partial charge in [-0.05, 0) is 47.2 Å². The van der Waals surface area contributed by atoms with Crippen molar-refractivity contribution in [2.45, 2.75) is 5.03 Å². The van der Waals surface area contributed by atoms with Crippen molar-refractivity contribution in [1.82, 2.24) is 9.55 Å². The quantitative estimate of drug-likeness (QED) is 0.564. The molecular weight excluding hydrogens is 342 g/mol.